The van der Waals surface area contributed by atoms with Gasteiger partial charge < -0.3 is 20.7 Å². The van der Waals surface area contributed by atoms with Gasteiger partial charge in [-0.2, -0.15) is 0 Å². The van der Waals surface area contributed by atoms with E-state index in [1.54, 1.807) is 10.8 Å². The van der Waals surface area contributed by atoms with Crippen molar-refractivity contribution in [3.63, 3.8) is 0 Å². The van der Waals surface area contributed by atoms with Crippen molar-refractivity contribution in [3.05, 3.63) is 36.0 Å². The van der Waals surface area contributed by atoms with Crippen LogP contribution in [0.25, 0.3) is 10.9 Å². The number of benzene rings is 1. The van der Waals surface area contributed by atoms with E-state index in [0.717, 1.165) is 16.5 Å². The number of carbonyl (C=O) groups excluding carboxylic acids is 1. The first-order valence-electron chi connectivity index (χ1n) is 8.69. The molecule has 1 amide bonds. The number of carboxylic acid groups (broad SMARTS) is 1. The highest BCUT2D eigenvalue weighted by atomic mass is 16.4. The summed E-state index contributed by atoms with van der Waals surface area (Å²) in [6.07, 6.45) is 2.41. The zero-order valence-electron chi connectivity index (χ0n) is 15.0. The molecule has 2 rings (SSSR count). The van der Waals surface area contributed by atoms with Crippen LogP contribution in [0.3, 0.4) is 0 Å². The quantitative estimate of drug-likeness (QED) is 0.718. The summed E-state index contributed by atoms with van der Waals surface area (Å²) in [6.45, 7) is 3.91. The van der Waals surface area contributed by atoms with Gasteiger partial charge in [-0.25, -0.2) is 4.79 Å². The molecule has 0 spiro atoms. The number of carboxylic acids is 1. The van der Waals surface area contributed by atoms with E-state index in [4.69, 9.17) is 7.10 Å². The highest BCUT2D eigenvalue weighted by Gasteiger charge is 2.25. The van der Waals surface area contributed by atoms with Gasteiger partial charge in [0.05, 0.1) is 6.04 Å². The van der Waals surface area contributed by atoms with Crippen LogP contribution in [-0.4, -0.2) is 33.6 Å². The smallest absolute Gasteiger partial charge is 0.326 e. The number of aliphatic carboxylic acids is 1. The number of nitrogens with one attached hydrogen (secondary N) is 1. The summed E-state index contributed by atoms with van der Waals surface area (Å²) in [5, 5.41) is 12.9. The third-order valence-corrected chi connectivity index (χ3v) is 3.97. The van der Waals surface area contributed by atoms with Crippen molar-refractivity contribution in [1.29, 1.82) is 0 Å². The normalized spacial score (nSPS) is 14.4. The number of carbonyl (C=O) groups is 2. The van der Waals surface area contributed by atoms with Gasteiger partial charge in [-0.05, 0) is 24.0 Å². The Morgan fingerprint density at radius 3 is 2.71 bits per heavy atom. The highest BCUT2D eigenvalue weighted by Crippen LogP contribution is 2.21. The fraction of sp³-hybridized carbons (Fsp3) is 0.444. The van der Waals surface area contributed by atoms with Crippen molar-refractivity contribution in [2.24, 2.45) is 18.7 Å². The Labute approximate surface area is 143 Å². The summed E-state index contributed by atoms with van der Waals surface area (Å²) in [5.74, 6) is -1.31. The molecule has 0 fully saturated rings. The van der Waals surface area contributed by atoms with Crippen LogP contribution in [0.15, 0.2) is 30.5 Å². The van der Waals surface area contributed by atoms with Crippen LogP contribution >= 0.6 is 0 Å². The van der Waals surface area contributed by atoms with Crippen molar-refractivity contribution in [2.45, 2.75) is 38.8 Å². The van der Waals surface area contributed by atoms with Crippen LogP contribution in [0, 0.1) is 5.92 Å². The number of fused-ring (bicyclic) bond motifs is 1. The summed E-state index contributed by atoms with van der Waals surface area (Å²) in [5.41, 5.74) is 7.50. The number of hydrogen-bond acceptors (Lipinski definition) is 3. The molecule has 0 unspecified atom stereocenters. The van der Waals surface area contributed by atoms with E-state index >= 15 is 0 Å². The predicted octanol–water partition coefficient (Wildman–Crippen LogP) is 1.66. The first-order chi connectivity index (χ1) is 11.8. The molecule has 0 saturated carbocycles. The first kappa shape index (κ1) is 16.5. The molecule has 1 heterocycles. The third kappa shape index (κ3) is 4.14. The summed E-state index contributed by atoms with van der Waals surface area (Å²) >= 11 is 0. The van der Waals surface area contributed by atoms with Gasteiger partial charge in [-0.15, -0.1) is 0 Å². The van der Waals surface area contributed by atoms with Gasteiger partial charge in [-0.3, -0.25) is 4.79 Å². The molecule has 6 nitrogen and oxygen atoms in total. The Bertz CT molecular complexity index is 757. The lowest BCUT2D eigenvalue weighted by molar-refractivity contribution is -0.142. The third-order valence-electron chi connectivity index (χ3n) is 3.97. The van der Waals surface area contributed by atoms with Crippen LogP contribution in [0.4, 0.5) is 0 Å². The van der Waals surface area contributed by atoms with E-state index in [-0.39, 0.29) is 19.4 Å². The number of hydrogen-bond donors (Lipinski definition) is 3. The second kappa shape index (κ2) is 7.49. The lowest BCUT2D eigenvalue weighted by atomic mass is 10.0. The van der Waals surface area contributed by atoms with E-state index in [1.807, 2.05) is 38.1 Å². The average molecular weight is 332 g/mol. The highest BCUT2D eigenvalue weighted by molar-refractivity contribution is 5.88. The van der Waals surface area contributed by atoms with E-state index in [0.29, 0.717) is 6.42 Å². The Balaban J connectivity index is 2.20. The molecule has 0 aliphatic heterocycles. The molecule has 4 N–H and O–H groups in total. The molecule has 0 aliphatic carbocycles. The molecule has 1 aromatic heterocycles. The zero-order valence-corrected chi connectivity index (χ0v) is 14.0. The number of nitrogens with zero attached hydrogens (tertiary/aromatic N) is 1. The standard InChI is InChI=1S/C18H25N3O3/c1-11(2)8-14(19)17(22)20-15(18(23)24)9-12-10-21(3)16-7-5-4-6-13(12)16/h4-7,10-11,14-15H,8-9,19H2,1-3H3,(H,20,22)(H,23,24)/t14-,15-/m0/s1/i3D. The molecule has 0 aliphatic rings. The predicted molar refractivity (Wildman–Crippen MR) is 93.6 cm³/mol. The monoisotopic (exact) mass is 332 g/mol. The summed E-state index contributed by atoms with van der Waals surface area (Å²) in [7, 11) is 0.0455. The second-order valence-corrected chi connectivity index (χ2v) is 6.48. The molecule has 0 bridgehead atoms. The number of nitrogens with two attached hydrogens (primary N) is 1. The molecule has 130 valence electrons. The van der Waals surface area contributed by atoms with Crippen LogP contribution in [-0.2, 0) is 23.0 Å². The minimum atomic E-state index is -1.10. The van der Waals surface area contributed by atoms with Gasteiger partial charge in [0.1, 0.15) is 6.04 Å². The molecule has 2 aromatic rings. The summed E-state index contributed by atoms with van der Waals surface area (Å²) < 4.78 is 9.35. The van der Waals surface area contributed by atoms with E-state index in [1.165, 1.54) is 0 Å². The Hall–Kier alpha value is -2.34. The zero-order chi connectivity index (χ0) is 18.6. The van der Waals surface area contributed by atoms with Gasteiger partial charge in [-0.1, -0.05) is 32.0 Å². The van der Waals surface area contributed by atoms with Gasteiger partial charge >= 0.3 is 5.97 Å². The fourth-order valence-electron chi connectivity index (χ4n) is 2.80. The largest absolute Gasteiger partial charge is 0.480 e. The molecule has 0 saturated heterocycles. The number of rotatable bonds is 7. The SMILES string of the molecule is [2H]Cn1cc(C[C@H](NC(=O)[C@@H](N)CC(C)C)C(=O)O)c2ccccc21. The number of aryl methyl sites for hydroxylation is 1. The topological polar surface area (TPSA) is 97.4 Å². The maximum absolute atomic E-state index is 12.2. The lowest BCUT2D eigenvalue weighted by Crippen LogP contribution is -2.49. The molecule has 2 atom stereocenters. The van der Waals surface area contributed by atoms with Crippen molar-refractivity contribution in [1.82, 2.24) is 9.88 Å². The minimum absolute atomic E-state index is 0.0455. The summed E-state index contributed by atoms with van der Waals surface area (Å²) in [4.78, 5) is 23.8. The Morgan fingerprint density at radius 1 is 1.38 bits per heavy atom. The van der Waals surface area contributed by atoms with Gasteiger partial charge in [0.25, 0.3) is 0 Å². The maximum Gasteiger partial charge on any atom is 0.326 e. The van der Waals surface area contributed by atoms with Crippen molar-refractivity contribution in [3.8, 4) is 0 Å². The average Bonchev–Trinajstić information content (AvgIpc) is 2.91. The van der Waals surface area contributed by atoms with Gasteiger partial charge in [0, 0.05) is 31.9 Å². The maximum atomic E-state index is 12.2. The number of aromatic nitrogens is 1. The van der Waals surface area contributed by atoms with E-state index in [9.17, 15) is 14.7 Å². The van der Waals surface area contributed by atoms with Crippen LogP contribution < -0.4 is 11.1 Å². The van der Waals surface area contributed by atoms with E-state index in [2.05, 4.69) is 5.32 Å². The van der Waals surface area contributed by atoms with Crippen molar-refractivity contribution < 1.29 is 16.1 Å². The minimum Gasteiger partial charge on any atom is -0.480 e. The number of amides is 1. The molecular weight excluding hydrogens is 306 g/mol. The molecule has 6 heteroatoms. The Kier molecular flexibility index (Phi) is 5.15. The van der Waals surface area contributed by atoms with E-state index < -0.39 is 24.0 Å². The van der Waals surface area contributed by atoms with Crippen LogP contribution in [0.5, 0.6) is 0 Å². The summed E-state index contributed by atoms with van der Waals surface area (Å²) in [6, 6.07) is 5.74. The van der Waals surface area contributed by atoms with Gasteiger partial charge in [0.15, 0.2) is 0 Å². The van der Waals surface area contributed by atoms with Crippen molar-refractivity contribution in [2.75, 3.05) is 0 Å². The lowest BCUT2D eigenvalue weighted by Gasteiger charge is -2.18. The first-order valence-corrected chi connectivity index (χ1v) is 7.98. The second-order valence-electron chi connectivity index (χ2n) is 6.48. The fourth-order valence-corrected chi connectivity index (χ4v) is 2.80. The molecular formula is C18H25N3O3. The molecule has 1 aromatic carbocycles. The molecule has 0 radical (unpaired) electrons. The van der Waals surface area contributed by atoms with Crippen LogP contribution in [0.2, 0.25) is 0 Å². The van der Waals surface area contributed by atoms with Gasteiger partial charge in [0.2, 0.25) is 5.91 Å². The van der Waals surface area contributed by atoms with Crippen molar-refractivity contribution >= 4 is 22.8 Å². The number of para-hydroxylation sites is 1. The molecule has 24 heavy (non-hydrogen) atoms. The van der Waals surface area contributed by atoms with Crippen LogP contribution in [0.1, 0.15) is 27.2 Å². The Morgan fingerprint density at radius 2 is 2.08 bits per heavy atom.